The predicted molar refractivity (Wildman–Crippen MR) is 33.4 cm³/mol. The first-order valence-corrected chi connectivity index (χ1v) is 2.38. The minimum absolute atomic E-state index is 0. The smallest absolute Gasteiger partial charge is 0.317 e. The van der Waals surface area contributed by atoms with Crippen LogP contribution in [-0.2, 0) is 29.1 Å². The van der Waals surface area contributed by atoms with Gasteiger partial charge in [-0.2, -0.15) is 0 Å². The number of rotatable bonds is 2. The maximum Gasteiger partial charge on any atom is 0.317 e. The molecule has 0 amide bonds. The molecule has 0 saturated carbocycles. The molecule has 11 heavy (non-hydrogen) atoms. The molecule has 0 radical (unpaired) electrons. The number of carboxylic acid groups (broad SMARTS) is 2. The third-order valence-electron chi connectivity index (χ3n) is 0.349. The maximum atomic E-state index is 9.24. The van der Waals surface area contributed by atoms with E-state index in [0.717, 1.165) is 0 Å². The van der Waals surface area contributed by atoms with E-state index in [2.05, 4.69) is 11.5 Å². The normalized spacial score (nSPS) is 6.73. The number of aliphatic carboxylic acids is 2. The molecule has 6 N–H and O–H groups in total. The van der Waals surface area contributed by atoms with Gasteiger partial charge in [0.25, 0.3) is 0 Å². The monoisotopic (exact) mass is 214 g/mol. The van der Waals surface area contributed by atoms with Crippen LogP contribution in [0.4, 0.5) is 0 Å². The van der Waals surface area contributed by atoms with Crippen LogP contribution in [-0.4, -0.2) is 35.2 Å². The first-order chi connectivity index (χ1) is 4.54. The molecule has 0 fully saturated rings. The van der Waals surface area contributed by atoms with Gasteiger partial charge in [-0.3, -0.25) is 9.59 Å². The minimum Gasteiger partial charge on any atom is -0.480 e. The molecule has 0 unspecified atom stereocenters. The molecule has 0 aromatic rings. The summed E-state index contributed by atoms with van der Waals surface area (Å²) in [4.78, 5) is 18.5. The first kappa shape index (κ1) is 16.8. The molecule has 7 heteroatoms. The molecule has 0 atom stereocenters. The average molecular weight is 216 g/mol. The van der Waals surface area contributed by atoms with Crippen molar-refractivity contribution in [3.05, 3.63) is 0 Å². The van der Waals surface area contributed by atoms with E-state index in [1.54, 1.807) is 0 Å². The second-order valence-electron chi connectivity index (χ2n) is 1.20. The van der Waals surface area contributed by atoms with Gasteiger partial charge in [0.2, 0.25) is 0 Å². The minimum atomic E-state index is -0.968. The van der Waals surface area contributed by atoms with Gasteiger partial charge in [-0.1, -0.05) is 0 Å². The van der Waals surface area contributed by atoms with Crippen LogP contribution < -0.4 is 11.5 Å². The Bertz CT molecular complexity index is 105. The molecule has 0 rings (SSSR count). The van der Waals surface area contributed by atoms with Gasteiger partial charge in [0.15, 0.2) is 0 Å². The van der Waals surface area contributed by atoms with Gasteiger partial charge in [0.1, 0.15) is 0 Å². The van der Waals surface area contributed by atoms with E-state index >= 15 is 0 Å². The summed E-state index contributed by atoms with van der Waals surface area (Å²) in [6, 6.07) is 0. The maximum absolute atomic E-state index is 9.24. The molecular weight excluding hydrogens is 205 g/mol. The van der Waals surface area contributed by atoms with Gasteiger partial charge in [-0.25, -0.2) is 0 Å². The molecule has 0 aromatic heterocycles. The van der Waals surface area contributed by atoms with E-state index in [-0.39, 0.29) is 32.6 Å². The summed E-state index contributed by atoms with van der Waals surface area (Å²) in [5, 5.41) is 15.2. The summed E-state index contributed by atoms with van der Waals surface area (Å²) in [6.45, 7) is -0.556. The second kappa shape index (κ2) is 12.2. The number of nitrogens with two attached hydrogens (primary N) is 2. The van der Waals surface area contributed by atoms with E-state index in [1.807, 2.05) is 0 Å². The molecule has 6 nitrogen and oxygen atoms in total. The van der Waals surface area contributed by atoms with Crippen LogP contribution in [0.15, 0.2) is 0 Å². The molecule has 62 valence electrons. The van der Waals surface area contributed by atoms with Crippen LogP contribution in [0.25, 0.3) is 0 Å². The Morgan fingerprint density at radius 1 is 1.00 bits per heavy atom. The zero-order valence-corrected chi connectivity index (χ0v) is 8.95. The fraction of sp³-hybridized carbons (Fsp3) is 0.500. The van der Waals surface area contributed by atoms with Crippen molar-refractivity contribution in [3.8, 4) is 0 Å². The zero-order valence-electron chi connectivity index (χ0n) is 5.99. The number of carbonyl (C=O) groups is 2. The molecule has 0 aliphatic heterocycles. The third kappa shape index (κ3) is 43.8. The third-order valence-corrected chi connectivity index (χ3v) is 0.349. The van der Waals surface area contributed by atoms with Gasteiger partial charge >= 0.3 is 11.9 Å². The molecule has 0 spiro atoms. The van der Waals surface area contributed by atoms with Crippen molar-refractivity contribution in [1.29, 1.82) is 0 Å². The molecule has 0 bridgehead atoms. The Balaban J connectivity index is -0.000000107. The van der Waals surface area contributed by atoms with E-state index in [0.29, 0.717) is 0 Å². The summed E-state index contributed by atoms with van der Waals surface area (Å²) >= 11 is 0. The average Bonchev–Trinajstić information content (AvgIpc) is 1.89. The zero-order chi connectivity index (χ0) is 8.57. The van der Waals surface area contributed by atoms with Crippen LogP contribution in [0.5, 0.6) is 0 Å². The van der Waals surface area contributed by atoms with E-state index in [9.17, 15) is 9.59 Å². The van der Waals surface area contributed by atoms with Crippen molar-refractivity contribution in [1.82, 2.24) is 0 Å². The molecule has 0 aliphatic rings. The standard InChI is InChI=1S/2C2H5NO2.Zn/c2*3-1-2(4)5;/h2*1,3H2,(H,4,5);. The predicted octanol–water partition coefficient (Wildman–Crippen LogP) is -1.94. The summed E-state index contributed by atoms with van der Waals surface area (Å²) < 4.78 is 0. The fourth-order valence-corrected chi connectivity index (χ4v) is 0. The Kier molecular flexibility index (Phi) is 18.7. The summed E-state index contributed by atoms with van der Waals surface area (Å²) in [6.07, 6.45) is 0. The van der Waals surface area contributed by atoms with Crippen LogP contribution in [0.1, 0.15) is 0 Å². The van der Waals surface area contributed by atoms with E-state index < -0.39 is 11.9 Å². The Hall–Kier alpha value is -0.517. The number of carboxylic acids is 2. The van der Waals surface area contributed by atoms with Crippen molar-refractivity contribution in [2.75, 3.05) is 13.1 Å². The Labute approximate surface area is 76.3 Å². The van der Waals surface area contributed by atoms with Gasteiger partial charge in [-0.05, 0) is 0 Å². The van der Waals surface area contributed by atoms with Crippen LogP contribution >= 0.6 is 0 Å². The molecule has 0 saturated heterocycles. The van der Waals surface area contributed by atoms with Crippen molar-refractivity contribution in [3.63, 3.8) is 0 Å². The van der Waals surface area contributed by atoms with Crippen molar-refractivity contribution < 1.29 is 39.3 Å². The van der Waals surface area contributed by atoms with Crippen molar-refractivity contribution in [2.24, 2.45) is 11.5 Å². The second-order valence-corrected chi connectivity index (χ2v) is 1.20. The number of hydrogen-bond acceptors (Lipinski definition) is 4. The van der Waals surface area contributed by atoms with Crippen LogP contribution in [0, 0.1) is 0 Å². The van der Waals surface area contributed by atoms with Crippen molar-refractivity contribution >= 4 is 11.9 Å². The van der Waals surface area contributed by atoms with Crippen LogP contribution in [0.2, 0.25) is 0 Å². The van der Waals surface area contributed by atoms with E-state index in [1.165, 1.54) is 0 Å². The topological polar surface area (TPSA) is 127 Å². The molecule has 0 aromatic carbocycles. The van der Waals surface area contributed by atoms with Crippen LogP contribution in [0.3, 0.4) is 0 Å². The molecule has 0 heterocycles. The molecular formula is C4H10N2O4Zn. The first-order valence-electron chi connectivity index (χ1n) is 2.38. The summed E-state index contributed by atoms with van der Waals surface area (Å²) in [7, 11) is 0. The molecule has 0 aliphatic carbocycles. The summed E-state index contributed by atoms with van der Waals surface area (Å²) in [5.41, 5.74) is 9.14. The fourth-order valence-electron chi connectivity index (χ4n) is 0. The van der Waals surface area contributed by atoms with Gasteiger partial charge in [0.05, 0.1) is 13.1 Å². The van der Waals surface area contributed by atoms with Gasteiger partial charge < -0.3 is 21.7 Å². The SMILES string of the molecule is NCC(=O)O.NCC(=O)O.[Zn]. The quantitative estimate of drug-likeness (QED) is 0.397. The van der Waals surface area contributed by atoms with E-state index in [4.69, 9.17) is 10.2 Å². The Morgan fingerprint density at radius 2 is 1.09 bits per heavy atom. The summed E-state index contributed by atoms with van der Waals surface area (Å²) in [5.74, 6) is -1.94. The Morgan fingerprint density at radius 3 is 1.09 bits per heavy atom. The van der Waals surface area contributed by atoms with Crippen molar-refractivity contribution in [2.45, 2.75) is 0 Å². The largest absolute Gasteiger partial charge is 0.480 e. The number of hydrogen-bond donors (Lipinski definition) is 4. The van der Waals surface area contributed by atoms with Gasteiger partial charge in [0, 0.05) is 19.5 Å². The van der Waals surface area contributed by atoms with Gasteiger partial charge in [-0.15, -0.1) is 0 Å².